The molecule has 0 aromatic carbocycles. The van der Waals surface area contributed by atoms with E-state index in [1.54, 1.807) is 6.20 Å². The van der Waals surface area contributed by atoms with Crippen LogP contribution in [0.2, 0.25) is 0 Å². The van der Waals surface area contributed by atoms with Gasteiger partial charge >= 0.3 is 7.12 Å². The lowest BCUT2D eigenvalue weighted by molar-refractivity contribution is 0.00578. The van der Waals surface area contributed by atoms with Gasteiger partial charge in [0.15, 0.2) is 5.65 Å². The predicted octanol–water partition coefficient (Wildman–Crippen LogP) is 1.91. The summed E-state index contributed by atoms with van der Waals surface area (Å²) in [6.45, 7) is 8.25. The molecule has 2 aliphatic rings. The zero-order valence-corrected chi connectivity index (χ0v) is 13.0. The Morgan fingerprint density at radius 2 is 1.86 bits per heavy atom. The summed E-state index contributed by atoms with van der Waals surface area (Å²) in [4.78, 5) is 4.67. The molecule has 21 heavy (non-hydrogen) atoms. The minimum absolute atomic E-state index is 0.342. The Kier molecular flexibility index (Phi) is 2.58. The molecule has 5 nitrogen and oxygen atoms in total. The first-order chi connectivity index (χ1) is 9.87. The van der Waals surface area contributed by atoms with Crippen LogP contribution in [-0.4, -0.2) is 32.9 Å². The Labute approximate surface area is 124 Å². The van der Waals surface area contributed by atoms with Gasteiger partial charge in [0.1, 0.15) is 0 Å². The maximum atomic E-state index is 6.12. The van der Waals surface area contributed by atoms with Gasteiger partial charge in [-0.05, 0) is 46.6 Å². The third kappa shape index (κ3) is 2.00. The smallest absolute Gasteiger partial charge is 0.398 e. The Morgan fingerprint density at radius 3 is 2.48 bits per heavy atom. The summed E-state index contributed by atoms with van der Waals surface area (Å²) in [5, 5.41) is 4.38. The molecule has 2 aromatic heterocycles. The third-order valence-corrected chi connectivity index (χ3v) is 4.90. The Bertz CT molecular complexity index is 690. The van der Waals surface area contributed by atoms with Gasteiger partial charge in [0.05, 0.1) is 23.0 Å². The maximum Gasteiger partial charge on any atom is 0.514 e. The normalized spacial score (nSPS) is 23.9. The van der Waals surface area contributed by atoms with E-state index < -0.39 is 7.12 Å². The highest BCUT2D eigenvalue weighted by Crippen LogP contribution is 2.40. The van der Waals surface area contributed by atoms with Crippen LogP contribution in [-0.2, 0) is 9.31 Å². The van der Waals surface area contributed by atoms with Crippen LogP contribution >= 0.6 is 0 Å². The fraction of sp³-hybridized carbons (Fsp3) is 0.600. The van der Waals surface area contributed by atoms with Gasteiger partial charge in [0.25, 0.3) is 0 Å². The summed E-state index contributed by atoms with van der Waals surface area (Å²) >= 11 is 0. The van der Waals surface area contributed by atoms with Crippen molar-refractivity contribution in [2.75, 3.05) is 0 Å². The van der Waals surface area contributed by atoms with E-state index in [4.69, 9.17) is 9.31 Å². The van der Waals surface area contributed by atoms with Gasteiger partial charge in [0.2, 0.25) is 0 Å². The molecule has 2 fully saturated rings. The largest absolute Gasteiger partial charge is 0.514 e. The number of aromatic nitrogens is 3. The van der Waals surface area contributed by atoms with Crippen molar-refractivity contribution in [1.82, 2.24) is 14.6 Å². The standard InChI is InChI=1S/C15H20BN3O2/c1-14(2)15(3,4)21-16(20-14)12-9-11(10-5-6-10)19-13(18-12)7-8-17-19/h7-10H,5-6H2,1-4H3. The molecule has 0 atom stereocenters. The number of rotatable bonds is 2. The van der Waals surface area contributed by atoms with Crippen molar-refractivity contribution in [3.8, 4) is 0 Å². The molecular formula is C15H20BN3O2. The molecule has 6 heteroatoms. The van der Waals surface area contributed by atoms with Crippen LogP contribution in [0.1, 0.15) is 52.1 Å². The fourth-order valence-corrected chi connectivity index (χ4v) is 2.71. The first-order valence-corrected chi connectivity index (χ1v) is 7.58. The van der Waals surface area contributed by atoms with E-state index in [2.05, 4.69) is 43.8 Å². The van der Waals surface area contributed by atoms with Crippen molar-refractivity contribution in [2.45, 2.75) is 57.7 Å². The van der Waals surface area contributed by atoms with E-state index >= 15 is 0 Å². The van der Waals surface area contributed by atoms with Gasteiger partial charge in [-0.2, -0.15) is 5.10 Å². The summed E-state index contributed by atoms with van der Waals surface area (Å²) in [6.07, 6.45) is 4.24. The molecule has 0 amide bonds. The lowest BCUT2D eigenvalue weighted by Gasteiger charge is -2.32. The topological polar surface area (TPSA) is 48.7 Å². The maximum absolute atomic E-state index is 6.12. The molecule has 1 saturated carbocycles. The van der Waals surface area contributed by atoms with E-state index in [0.29, 0.717) is 5.92 Å². The first-order valence-electron chi connectivity index (χ1n) is 7.58. The van der Waals surface area contributed by atoms with Gasteiger partial charge in [-0.25, -0.2) is 9.50 Å². The molecule has 1 saturated heterocycles. The van der Waals surface area contributed by atoms with Gasteiger partial charge in [-0.3, -0.25) is 0 Å². The highest BCUT2D eigenvalue weighted by atomic mass is 16.7. The first kappa shape index (κ1) is 13.3. The second-order valence-electron chi connectivity index (χ2n) is 7.07. The molecule has 4 rings (SSSR count). The molecule has 110 valence electrons. The molecule has 0 spiro atoms. The van der Waals surface area contributed by atoms with E-state index in [0.717, 1.165) is 11.2 Å². The summed E-state index contributed by atoms with van der Waals surface area (Å²) in [7, 11) is -0.410. The predicted molar refractivity (Wildman–Crippen MR) is 80.7 cm³/mol. The Morgan fingerprint density at radius 1 is 1.19 bits per heavy atom. The molecule has 1 aliphatic carbocycles. The number of nitrogens with zero attached hydrogens (tertiary/aromatic N) is 3. The van der Waals surface area contributed by atoms with E-state index in [1.807, 2.05) is 10.6 Å². The zero-order valence-electron chi connectivity index (χ0n) is 13.0. The lowest BCUT2D eigenvalue weighted by Crippen LogP contribution is -2.41. The second kappa shape index (κ2) is 4.08. The van der Waals surface area contributed by atoms with Gasteiger partial charge in [-0.15, -0.1) is 0 Å². The van der Waals surface area contributed by atoms with Crippen LogP contribution in [0, 0.1) is 0 Å². The van der Waals surface area contributed by atoms with Crippen molar-refractivity contribution in [3.05, 3.63) is 24.0 Å². The molecular weight excluding hydrogens is 265 g/mol. The van der Waals surface area contributed by atoms with Crippen LogP contribution in [0.25, 0.3) is 5.65 Å². The summed E-state index contributed by atoms with van der Waals surface area (Å²) in [5.41, 5.74) is 2.25. The van der Waals surface area contributed by atoms with Crippen molar-refractivity contribution in [2.24, 2.45) is 0 Å². The van der Waals surface area contributed by atoms with Gasteiger partial charge in [0, 0.05) is 17.7 Å². The summed E-state index contributed by atoms with van der Waals surface area (Å²) in [6, 6.07) is 4.03. The molecule has 0 N–H and O–H groups in total. The monoisotopic (exact) mass is 285 g/mol. The zero-order chi connectivity index (χ0) is 14.8. The SMILES string of the molecule is CC1(C)OB(c2cc(C3CC3)n3nccc3n2)OC1(C)C. The Balaban J connectivity index is 1.77. The van der Waals surface area contributed by atoms with E-state index in [9.17, 15) is 0 Å². The molecule has 2 aromatic rings. The van der Waals surface area contributed by atoms with Crippen LogP contribution in [0.5, 0.6) is 0 Å². The molecule has 0 radical (unpaired) electrons. The molecule has 0 bridgehead atoms. The average molecular weight is 285 g/mol. The highest BCUT2D eigenvalue weighted by Gasteiger charge is 2.52. The van der Waals surface area contributed by atoms with Gasteiger partial charge < -0.3 is 9.31 Å². The molecule has 0 unspecified atom stereocenters. The minimum Gasteiger partial charge on any atom is -0.398 e. The van der Waals surface area contributed by atoms with Crippen LogP contribution in [0.3, 0.4) is 0 Å². The quantitative estimate of drug-likeness (QED) is 0.791. The fourth-order valence-electron chi connectivity index (χ4n) is 2.71. The highest BCUT2D eigenvalue weighted by molar-refractivity contribution is 6.61. The van der Waals surface area contributed by atoms with Crippen molar-refractivity contribution in [1.29, 1.82) is 0 Å². The van der Waals surface area contributed by atoms with Gasteiger partial charge in [-0.1, -0.05) is 0 Å². The van der Waals surface area contributed by atoms with Crippen LogP contribution < -0.4 is 5.59 Å². The second-order valence-corrected chi connectivity index (χ2v) is 7.07. The van der Waals surface area contributed by atoms with Crippen molar-refractivity contribution < 1.29 is 9.31 Å². The molecule has 1 aliphatic heterocycles. The number of fused-ring (bicyclic) bond motifs is 1. The molecule has 3 heterocycles. The Hall–Kier alpha value is -1.40. The van der Waals surface area contributed by atoms with Crippen molar-refractivity contribution >= 4 is 18.4 Å². The van der Waals surface area contributed by atoms with E-state index in [1.165, 1.54) is 18.5 Å². The third-order valence-electron chi connectivity index (χ3n) is 4.90. The number of hydrogen-bond acceptors (Lipinski definition) is 4. The lowest BCUT2D eigenvalue weighted by atomic mass is 9.84. The van der Waals surface area contributed by atoms with E-state index in [-0.39, 0.29) is 11.2 Å². The number of hydrogen-bond donors (Lipinski definition) is 0. The van der Waals surface area contributed by atoms with Crippen molar-refractivity contribution in [3.63, 3.8) is 0 Å². The van der Waals surface area contributed by atoms with Crippen LogP contribution in [0.4, 0.5) is 0 Å². The minimum atomic E-state index is -0.410. The summed E-state index contributed by atoms with van der Waals surface area (Å²) in [5.74, 6) is 0.594. The van der Waals surface area contributed by atoms with Crippen LogP contribution in [0.15, 0.2) is 18.3 Å². The summed E-state index contributed by atoms with van der Waals surface area (Å²) < 4.78 is 14.2. The average Bonchev–Trinajstić information content (AvgIpc) is 3.08.